The van der Waals surface area contributed by atoms with Crippen molar-refractivity contribution in [3.05, 3.63) is 93.4 Å². The lowest BCUT2D eigenvalue weighted by Gasteiger charge is -2.25. The minimum atomic E-state index is -0.286. The van der Waals surface area contributed by atoms with Gasteiger partial charge in [-0.1, -0.05) is 41.9 Å². The molecule has 150 valence electrons. The van der Waals surface area contributed by atoms with Gasteiger partial charge in [0.15, 0.2) is 0 Å². The van der Waals surface area contributed by atoms with E-state index in [-0.39, 0.29) is 36.4 Å². The van der Waals surface area contributed by atoms with Crippen molar-refractivity contribution in [3.63, 3.8) is 0 Å². The summed E-state index contributed by atoms with van der Waals surface area (Å²) in [6, 6.07) is 19.3. The van der Waals surface area contributed by atoms with Gasteiger partial charge in [-0.3, -0.25) is 9.59 Å². The maximum Gasteiger partial charge on any atom is 0.274 e. The first kappa shape index (κ1) is 20.6. The molecule has 0 aliphatic carbocycles. The molecular formula is C22H22ClN3O3. The van der Waals surface area contributed by atoms with Crippen molar-refractivity contribution in [2.24, 2.45) is 0 Å². The van der Waals surface area contributed by atoms with E-state index in [4.69, 9.17) is 16.3 Å². The molecule has 0 spiro atoms. The van der Waals surface area contributed by atoms with Gasteiger partial charge in [0.05, 0.1) is 12.6 Å². The smallest absolute Gasteiger partial charge is 0.274 e. The van der Waals surface area contributed by atoms with Crippen LogP contribution in [0.2, 0.25) is 5.02 Å². The second-order valence-electron chi connectivity index (χ2n) is 6.59. The zero-order chi connectivity index (χ0) is 20.8. The summed E-state index contributed by atoms with van der Waals surface area (Å²) >= 11 is 5.93. The number of benzene rings is 2. The molecule has 0 saturated heterocycles. The molecule has 2 aromatic carbocycles. The topological polar surface area (TPSA) is 64.4 Å². The number of halogens is 1. The van der Waals surface area contributed by atoms with Crippen LogP contribution in [0.3, 0.4) is 0 Å². The maximum atomic E-state index is 12.9. The minimum Gasteiger partial charge on any atom is -0.492 e. The van der Waals surface area contributed by atoms with Crippen LogP contribution >= 0.6 is 11.6 Å². The third-order valence-electron chi connectivity index (χ3n) is 4.65. The van der Waals surface area contributed by atoms with Crippen molar-refractivity contribution in [1.29, 1.82) is 0 Å². The number of carbonyl (C=O) groups is 1. The van der Waals surface area contributed by atoms with Gasteiger partial charge in [-0.2, -0.15) is 5.10 Å². The monoisotopic (exact) mass is 411 g/mol. The molecule has 29 heavy (non-hydrogen) atoms. The Balaban J connectivity index is 1.69. The van der Waals surface area contributed by atoms with Gasteiger partial charge in [-0.25, -0.2) is 4.68 Å². The largest absolute Gasteiger partial charge is 0.492 e. The number of para-hydroxylation sites is 1. The number of rotatable bonds is 7. The van der Waals surface area contributed by atoms with E-state index in [9.17, 15) is 9.59 Å². The number of carbonyl (C=O) groups excluding carboxylic acids is 1. The second-order valence-corrected chi connectivity index (χ2v) is 7.02. The summed E-state index contributed by atoms with van der Waals surface area (Å²) in [4.78, 5) is 26.6. The number of amides is 1. The first-order valence-electron chi connectivity index (χ1n) is 9.24. The molecule has 0 bridgehead atoms. The number of nitrogens with zero attached hydrogens (tertiary/aromatic N) is 3. The van der Waals surface area contributed by atoms with Crippen LogP contribution < -0.4 is 10.3 Å². The van der Waals surface area contributed by atoms with Crippen LogP contribution in [0.25, 0.3) is 0 Å². The summed E-state index contributed by atoms with van der Waals surface area (Å²) in [6.07, 6.45) is 0. The molecule has 0 radical (unpaired) electrons. The molecule has 7 heteroatoms. The molecule has 1 amide bonds. The SMILES string of the molecule is C[C@@H](c1ccc(Cl)cc1)N(C)C(=O)c1ccc(=O)n(CCOc2ccccc2)n1. The van der Waals surface area contributed by atoms with E-state index in [2.05, 4.69) is 5.10 Å². The van der Waals surface area contributed by atoms with E-state index < -0.39 is 0 Å². The number of ether oxygens (including phenoxy) is 1. The van der Waals surface area contributed by atoms with E-state index in [1.165, 1.54) is 16.8 Å². The predicted octanol–water partition coefficient (Wildman–Crippen LogP) is 3.81. The van der Waals surface area contributed by atoms with Crippen molar-refractivity contribution < 1.29 is 9.53 Å². The molecule has 3 aromatic rings. The lowest BCUT2D eigenvalue weighted by atomic mass is 10.1. The number of hydrogen-bond acceptors (Lipinski definition) is 4. The maximum absolute atomic E-state index is 12.9. The lowest BCUT2D eigenvalue weighted by molar-refractivity contribution is 0.0733. The number of aromatic nitrogens is 2. The summed E-state index contributed by atoms with van der Waals surface area (Å²) < 4.78 is 6.86. The van der Waals surface area contributed by atoms with Gasteiger partial charge in [-0.05, 0) is 42.8 Å². The highest BCUT2D eigenvalue weighted by atomic mass is 35.5. The lowest BCUT2D eigenvalue weighted by Crippen LogP contribution is -2.33. The van der Waals surface area contributed by atoms with Gasteiger partial charge in [0.2, 0.25) is 0 Å². The molecule has 6 nitrogen and oxygen atoms in total. The molecule has 0 saturated carbocycles. The average molecular weight is 412 g/mol. The minimum absolute atomic E-state index is 0.177. The quantitative estimate of drug-likeness (QED) is 0.593. The number of hydrogen-bond donors (Lipinski definition) is 0. The molecule has 1 heterocycles. The summed E-state index contributed by atoms with van der Waals surface area (Å²) in [5.74, 6) is 0.439. The molecule has 0 aliphatic heterocycles. The fraction of sp³-hybridized carbons (Fsp3) is 0.227. The average Bonchev–Trinajstić information content (AvgIpc) is 2.75. The van der Waals surface area contributed by atoms with Crippen LogP contribution in [0.1, 0.15) is 29.0 Å². The predicted molar refractivity (Wildman–Crippen MR) is 112 cm³/mol. The zero-order valence-electron chi connectivity index (χ0n) is 16.3. The van der Waals surface area contributed by atoms with Crippen LogP contribution in [0, 0.1) is 0 Å². The van der Waals surface area contributed by atoms with Crippen molar-refractivity contribution >= 4 is 17.5 Å². The molecule has 3 rings (SSSR count). The summed E-state index contributed by atoms with van der Waals surface area (Å²) in [5.41, 5.74) is 0.870. The first-order valence-corrected chi connectivity index (χ1v) is 9.62. The highest BCUT2D eigenvalue weighted by Gasteiger charge is 2.20. The third-order valence-corrected chi connectivity index (χ3v) is 4.91. The van der Waals surface area contributed by atoms with Gasteiger partial charge >= 0.3 is 0 Å². The Bertz CT molecular complexity index is 1020. The van der Waals surface area contributed by atoms with E-state index in [0.717, 1.165) is 5.56 Å². The summed E-state index contributed by atoms with van der Waals surface area (Å²) in [5, 5.41) is 4.87. The van der Waals surface area contributed by atoms with Gasteiger partial charge < -0.3 is 9.64 Å². The Kier molecular flexibility index (Phi) is 6.67. The van der Waals surface area contributed by atoms with Gasteiger partial charge in [0.1, 0.15) is 18.1 Å². The molecule has 1 atom stereocenters. The molecule has 1 aromatic heterocycles. The molecule has 0 N–H and O–H groups in total. The van der Waals surface area contributed by atoms with E-state index in [1.54, 1.807) is 24.1 Å². The molecular weight excluding hydrogens is 390 g/mol. The normalized spacial score (nSPS) is 11.7. The van der Waals surface area contributed by atoms with Crippen molar-refractivity contribution in [3.8, 4) is 5.75 Å². The Morgan fingerprint density at radius 3 is 2.48 bits per heavy atom. The first-order chi connectivity index (χ1) is 14.0. The Hall–Kier alpha value is -3.12. The van der Waals surface area contributed by atoms with Crippen LogP contribution in [0.4, 0.5) is 0 Å². The highest BCUT2D eigenvalue weighted by Crippen LogP contribution is 2.22. The fourth-order valence-electron chi connectivity index (χ4n) is 2.81. The van der Waals surface area contributed by atoms with Crippen LogP contribution in [-0.2, 0) is 6.54 Å². The van der Waals surface area contributed by atoms with E-state index >= 15 is 0 Å². The molecule has 0 unspecified atom stereocenters. The van der Waals surface area contributed by atoms with Crippen molar-refractivity contribution in [2.75, 3.05) is 13.7 Å². The zero-order valence-corrected chi connectivity index (χ0v) is 17.0. The summed E-state index contributed by atoms with van der Waals surface area (Å²) in [6.45, 7) is 2.43. The molecule has 0 fully saturated rings. The Labute approximate surface area is 174 Å². The Morgan fingerprint density at radius 1 is 1.10 bits per heavy atom. The van der Waals surface area contributed by atoms with E-state index in [0.29, 0.717) is 10.8 Å². The summed E-state index contributed by atoms with van der Waals surface area (Å²) in [7, 11) is 1.71. The van der Waals surface area contributed by atoms with Crippen LogP contribution in [-0.4, -0.2) is 34.2 Å². The van der Waals surface area contributed by atoms with Crippen LogP contribution in [0.15, 0.2) is 71.5 Å². The molecule has 0 aliphatic rings. The van der Waals surface area contributed by atoms with Crippen molar-refractivity contribution in [1.82, 2.24) is 14.7 Å². The third kappa shape index (κ3) is 5.23. The van der Waals surface area contributed by atoms with E-state index in [1.807, 2.05) is 49.4 Å². The standard InChI is InChI=1S/C22H22ClN3O3/c1-16(17-8-10-18(23)11-9-17)25(2)22(28)20-12-13-21(27)26(24-20)14-15-29-19-6-4-3-5-7-19/h3-13,16H,14-15H2,1-2H3/t16-/m0/s1. The highest BCUT2D eigenvalue weighted by molar-refractivity contribution is 6.30. The second kappa shape index (κ2) is 9.39. The van der Waals surface area contributed by atoms with Crippen molar-refractivity contribution in [2.45, 2.75) is 19.5 Å². The van der Waals surface area contributed by atoms with Gasteiger partial charge in [0, 0.05) is 18.1 Å². The fourth-order valence-corrected chi connectivity index (χ4v) is 2.94. The van der Waals surface area contributed by atoms with Gasteiger partial charge in [0.25, 0.3) is 11.5 Å². The Morgan fingerprint density at radius 2 is 1.79 bits per heavy atom. The van der Waals surface area contributed by atoms with Gasteiger partial charge in [-0.15, -0.1) is 0 Å². The van der Waals surface area contributed by atoms with Crippen LogP contribution in [0.5, 0.6) is 5.75 Å².